The number of rotatable bonds is 9. The van der Waals surface area contributed by atoms with Crippen LogP contribution in [0, 0.1) is 5.82 Å². The first-order valence-corrected chi connectivity index (χ1v) is 11.9. The third-order valence-corrected chi connectivity index (χ3v) is 6.47. The molecule has 1 aliphatic rings. The zero-order valence-corrected chi connectivity index (χ0v) is 19.8. The molecule has 0 bridgehead atoms. The first-order valence-electron chi connectivity index (χ1n) is 11.9. The fourth-order valence-electron chi connectivity index (χ4n) is 4.29. The number of benzene rings is 3. The highest BCUT2D eigenvalue weighted by Gasteiger charge is 2.22. The Labute approximate surface area is 207 Å². The minimum Gasteiger partial charge on any atom is -0.496 e. The standard InChI is InChI=1S/C28H26FN3O4/c1-35-24-13-17-5-2-3-8-20(17)27(29)21(24)11-12-30-26-15-23(31-16-32-26)18-9-10-22(28(33)34)25(14-18)36-19-6-4-7-19/h2-3,5,8-10,13-16,19H,4,6-7,11-12H2,1H3,(H,33,34)(H,30,31,32). The summed E-state index contributed by atoms with van der Waals surface area (Å²) in [5, 5.41) is 14.1. The minimum atomic E-state index is -1.03. The van der Waals surface area contributed by atoms with E-state index in [9.17, 15) is 9.90 Å². The molecule has 0 amide bonds. The highest BCUT2D eigenvalue weighted by molar-refractivity contribution is 5.92. The van der Waals surface area contributed by atoms with E-state index in [1.54, 1.807) is 24.3 Å². The Hall–Kier alpha value is -4.20. The number of hydrogen-bond acceptors (Lipinski definition) is 6. The quantitative estimate of drug-likeness (QED) is 0.311. The molecule has 8 heteroatoms. The molecule has 1 aromatic heterocycles. The van der Waals surface area contributed by atoms with Crippen molar-refractivity contribution >= 4 is 22.6 Å². The lowest BCUT2D eigenvalue weighted by molar-refractivity contribution is 0.0680. The average molecular weight is 488 g/mol. The van der Waals surface area contributed by atoms with Gasteiger partial charge in [-0.15, -0.1) is 0 Å². The number of hydrogen-bond donors (Lipinski definition) is 2. The highest BCUT2D eigenvalue weighted by atomic mass is 19.1. The van der Waals surface area contributed by atoms with Crippen LogP contribution in [-0.2, 0) is 6.42 Å². The van der Waals surface area contributed by atoms with E-state index >= 15 is 4.39 Å². The van der Waals surface area contributed by atoms with Crippen LogP contribution in [-0.4, -0.2) is 40.8 Å². The molecule has 0 unspecified atom stereocenters. The Morgan fingerprint density at radius 3 is 2.69 bits per heavy atom. The van der Waals surface area contributed by atoms with Crippen molar-refractivity contribution < 1.29 is 23.8 Å². The van der Waals surface area contributed by atoms with Crippen LogP contribution in [0.2, 0.25) is 0 Å². The van der Waals surface area contributed by atoms with Crippen LogP contribution >= 0.6 is 0 Å². The molecule has 1 heterocycles. The number of nitrogens with zero attached hydrogens (tertiary/aromatic N) is 2. The molecule has 0 saturated heterocycles. The zero-order valence-electron chi connectivity index (χ0n) is 19.8. The summed E-state index contributed by atoms with van der Waals surface area (Å²) in [6, 6.07) is 15.9. The lowest BCUT2D eigenvalue weighted by Crippen LogP contribution is -2.25. The van der Waals surface area contributed by atoms with Gasteiger partial charge in [-0.25, -0.2) is 19.2 Å². The lowest BCUT2D eigenvalue weighted by atomic mass is 9.96. The number of nitrogens with one attached hydrogen (secondary N) is 1. The highest BCUT2D eigenvalue weighted by Crippen LogP contribution is 2.32. The topological polar surface area (TPSA) is 93.6 Å². The van der Waals surface area contributed by atoms with Gasteiger partial charge in [-0.2, -0.15) is 0 Å². The van der Waals surface area contributed by atoms with Crippen LogP contribution in [0.3, 0.4) is 0 Å². The minimum absolute atomic E-state index is 0.0495. The first-order chi connectivity index (χ1) is 17.5. The van der Waals surface area contributed by atoms with Gasteiger partial charge in [-0.05, 0) is 49.3 Å². The van der Waals surface area contributed by atoms with Gasteiger partial charge in [-0.1, -0.05) is 30.3 Å². The van der Waals surface area contributed by atoms with Gasteiger partial charge in [0, 0.05) is 29.1 Å². The molecule has 36 heavy (non-hydrogen) atoms. The van der Waals surface area contributed by atoms with Gasteiger partial charge in [0.15, 0.2) is 0 Å². The van der Waals surface area contributed by atoms with E-state index in [4.69, 9.17) is 9.47 Å². The van der Waals surface area contributed by atoms with E-state index in [0.717, 1.165) is 30.2 Å². The molecule has 7 nitrogen and oxygen atoms in total. The van der Waals surface area contributed by atoms with Crippen LogP contribution in [0.5, 0.6) is 11.5 Å². The molecular weight excluding hydrogens is 461 g/mol. The third kappa shape index (κ3) is 4.79. The number of aromatic nitrogens is 2. The molecular formula is C28H26FN3O4. The number of methoxy groups -OCH3 is 1. The van der Waals surface area contributed by atoms with Crippen molar-refractivity contribution in [3.05, 3.63) is 77.9 Å². The van der Waals surface area contributed by atoms with Gasteiger partial charge in [-0.3, -0.25) is 0 Å². The normalized spacial score (nSPS) is 13.3. The largest absolute Gasteiger partial charge is 0.496 e. The maximum absolute atomic E-state index is 15.2. The van der Waals surface area contributed by atoms with Crippen LogP contribution < -0.4 is 14.8 Å². The maximum Gasteiger partial charge on any atom is 0.339 e. The molecule has 0 spiro atoms. The smallest absolute Gasteiger partial charge is 0.339 e. The number of ether oxygens (including phenoxy) is 2. The Morgan fingerprint density at radius 1 is 1.11 bits per heavy atom. The van der Waals surface area contributed by atoms with E-state index < -0.39 is 5.97 Å². The second kappa shape index (κ2) is 10.2. The average Bonchev–Trinajstić information content (AvgIpc) is 2.87. The zero-order chi connectivity index (χ0) is 25.1. The van der Waals surface area contributed by atoms with Crippen molar-refractivity contribution in [2.45, 2.75) is 31.8 Å². The molecule has 5 rings (SSSR count). The SMILES string of the molecule is COc1cc2ccccc2c(F)c1CCNc1cc(-c2ccc(C(=O)O)c(OC3CCC3)c2)ncn1. The van der Waals surface area contributed by atoms with Crippen molar-refractivity contribution in [3.8, 4) is 22.8 Å². The summed E-state index contributed by atoms with van der Waals surface area (Å²) < 4.78 is 26.6. The first kappa shape index (κ1) is 23.5. The van der Waals surface area contributed by atoms with Gasteiger partial charge >= 0.3 is 5.97 Å². The summed E-state index contributed by atoms with van der Waals surface area (Å²) in [4.78, 5) is 20.3. The molecule has 184 valence electrons. The molecule has 1 aliphatic carbocycles. The van der Waals surface area contributed by atoms with E-state index in [1.165, 1.54) is 19.5 Å². The summed E-state index contributed by atoms with van der Waals surface area (Å²) in [5.74, 6) is 0.111. The van der Waals surface area contributed by atoms with Crippen molar-refractivity contribution in [1.29, 1.82) is 0 Å². The van der Waals surface area contributed by atoms with Crippen LogP contribution in [0.1, 0.15) is 35.2 Å². The Balaban J connectivity index is 1.33. The molecule has 1 saturated carbocycles. The van der Waals surface area contributed by atoms with E-state index in [-0.39, 0.29) is 17.5 Å². The van der Waals surface area contributed by atoms with Crippen molar-refractivity contribution in [2.24, 2.45) is 0 Å². The summed E-state index contributed by atoms with van der Waals surface area (Å²) in [5.41, 5.74) is 1.98. The predicted molar refractivity (Wildman–Crippen MR) is 135 cm³/mol. The Bertz CT molecular complexity index is 1420. The van der Waals surface area contributed by atoms with Crippen molar-refractivity contribution in [2.75, 3.05) is 19.0 Å². The van der Waals surface area contributed by atoms with Gasteiger partial charge in [0.2, 0.25) is 0 Å². The lowest BCUT2D eigenvalue weighted by Gasteiger charge is -2.27. The van der Waals surface area contributed by atoms with Crippen molar-refractivity contribution in [3.63, 3.8) is 0 Å². The second-order valence-corrected chi connectivity index (χ2v) is 8.74. The number of fused-ring (bicyclic) bond motifs is 1. The molecule has 0 aliphatic heterocycles. The maximum atomic E-state index is 15.2. The van der Waals surface area contributed by atoms with Gasteiger partial charge in [0.1, 0.15) is 35.0 Å². The summed E-state index contributed by atoms with van der Waals surface area (Å²) in [6.07, 6.45) is 4.82. The van der Waals surface area contributed by atoms with Crippen LogP contribution in [0.15, 0.2) is 60.9 Å². The Morgan fingerprint density at radius 2 is 1.94 bits per heavy atom. The summed E-state index contributed by atoms with van der Waals surface area (Å²) in [6.45, 7) is 0.427. The van der Waals surface area contributed by atoms with Gasteiger partial charge < -0.3 is 19.9 Å². The number of aromatic carboxylic acids is 1. The van der Waals surface area contributed by atoms with Gasteiger partial charge in [0.05, 0.1) is 18.9 Å². The molecule has 4 aromatic rings. The molecule has 1 fully saturated rings. The second-order valence-electron chi connectivity index (χ2n) is 8.74. The molecule has 3 aromatic carbocycles. The van der Waals surface area contributed by atoms with Crippen molar-refractivity contribution in [1.82, 2.24) is 9.97 Å². The van der Waals surface area contributed by atoms with Crippen LogP contribution in [0.4, 0.5) is 10.2 Å². The summed E-state index contributed by atoms with van der Waals surface area (Å²) >= 11 is 0. The summed E-state index contributed by atoms with van der Waals surface area (Å²) in [7, 11) is 1.54. The number of halogens is 1. The number of anilines is 1. The number of carbonyl (C=O) groups is 1. The number of carboxylic acids is 1. The number of carboxylic acid groups (broad SMARTS) is 1. The molecule has 0 radical (unpaired) electrons. The Kier molecular flexibility index (Phi) is 6.66. The molecule has 2 N–H and O–H groups in total. The monoisotopic (exact) mass is 487 g/mol. The van der Waals surface area contributed by atoms with E-state index in [2.05, 4.69) is 15.3 Å². The predicted octanol–water partition coefficient (Wildman–Crippen LogP) is 5.73. The van der Waals surface area contributed by atoms with Crippen LogP contribution in [0.25, 0.3) is 22.0 Å². The fourth-order valence-corrected chi connectivity index (χ4v) is 4.29. The third-order valence-electron chi connectivity index (χ3n) is 6.47. The fraction of sp³-hybridized carbons (Fsp3) is 0.250. The van der Waals surface area contributed by atoms with E-state index in [0.29, 0.717) is 46.9 Å². The van der Waals surface area contributed by atoms with E-state index in [1.807, 2.05) is 24.3 Å². The molecule has 0 atom stereocenters. The van der Waals surface area contributed by atoms with Gasteiger partial charge in [0.25, 0.3) is 0 Å².